The van der Waals surface area contributed by atoms with Crippen molar-refractivity contribution < 1.29 is 22.8 Å². The molecule has 37 heavy (non-hydrogen) atoms. The lowest BCUT2D eigenvalue weighted by molar-refractivity contribution is -0.173. The number of carbonyl (C=O) groups is 2. The second kappa shape index (κ2) is 11.3. The topological polar surface area (TPSA) is 43.9 Å². The van der Waals surface area contributed by atoms with E-state index in [1.165, 1.54) is 34.1 Å². The molecule has 2 aromatic carbocycles. The predicted molar refractivity (Wildman–Crippen MR) is 139 cm³/mol. The summed E-state index contributed by atoms with van der Waals surface area (Å²) in [5.74, 6) is -2.22. The van der Waals surface area contributed by atoms with Crippen LogP contribution in [0.1, 0.15) is 47.5 Å². The molecule has 2 heterocycles. The fraction of sp³-hybridized carbons (Fsp3) is 0.500. The van der Waals surface area contributed by atoms with Crippen molar-refractivity contribution in [1.29, 1.82) is 0 Å². The molecule has 1 unspecified atom stereocenters. The van der Waals surface area contributed by atoms with Crippen LogP contribution < -0.4 is 4.90 Å². The van der Waals surface area contributed by atoms with E-state index in [0.717, 1.165) is 44.5 Å². The van der Waals surface area contributed by atoms with Gasteiger partial charge in [0.25, 0.3) is 5.91 Å². The van der Waals surface area contributed by atoms with Gasteiger partial charge in [-0.3, -0.25) is 9.59 Å². The van der Waals surface area contributed by atoms with E-state index < -0.39 is 18.0 Å². The van der Waals surface area contributed by atoms with E-state index in [1.54, 1.807) is 26.2 Å². The number of hydrogen-bond acceptors (Lipinski definition) is 3. The number of benzene rings is 2. The summed E-state index contributed by atoms with van der Waals surface area (Å²) < 4.78 is 41.4. The maximum Gasteiger partial charge on any atom is 0.404 e. The highest BCUT2D eigenvalue weighted by molar-refractivity contribution is 6.34. The first-order valence-corrected chi connectivity index (χ1v) is 13.1. The zero-order valence-corrected chi connectivity index (χ0v) is 21.9. The number of rotatable bonds is 5. The molecule has 0 aliphatic carbocycles. The molecule has 9 heteroatoms. The van der Waals surface area contributed by atoms with Crippen molar-refractivity contribution in [2.45, 2.75) is 37.8 Å². The van der Waals surface area contributed by atoms with Gasteiger partial charge in [0.1, 0.15) is 0 Å². The van der Waals surface area contributed by atoms with Gasteiger partial charge in [0.2, 0.25) is 5.91 Å². The van der Waals surface area contributed by atoms with E-state index in [0.29, 0.717) is 35.5 Å². The minimum absolute atomic E-state index is 0.00582. The summed E-state index contributed by atoms with van der Waals surface area (Å²) in [6.07, 6.45) is -1.22. The third-order valence-corrected chi connectivity index (χ3v) is 8.03. The standard InChI is InChI=1S/C28H33ClF3N3O2/c1-33(2)26(36)23-9-8-22(18-24(23)29)34-14-10-19(11-15-34)20-12-16-35(17-13-20)27(37)25(28(30,31)32)21-6-4-3-5-7-21/h3-9,18-20,25H,10-17H2,1-2H3. The molecule has 5 nitrogen and oxygen atoms in total. The first-order valence-electron chi connectivity index (χ1n) is 12.7. The Balaban J connectivity index is 1.31. The van der Waals surface area contributed by atoms with Gasteiger partial charge in [-0.25, -0.2) is 0 Å². The Kier molecular flexibility index (Phi) is 8.36. The van der Waals surface area contributed by atoms with E-state index >= 15 is 0 Å². The zero-order valence-electron chi connectivity index (χ0n) is 21.2. The molecule has 2 aromatic rings. The molecule has 2 saturated heterocycles. The van der Waals surface area contributed by atoms with Crippen molar-refractivity contribution in [1.82, 2.24) is 9.80 Å². The van der Waals surface area contributed by atoms with Gasteiger partial charge in [0.05, 0.1) is 10.6 Å². The lowest BCUT2D eigenvalue weighted by Gasteiger charge is -2.41. The fourth-order valence-corrected chi connectivity index (χ4v) is 5.89. The van der Waals surface area contributed by atoms with Crippen LogP contribution in [0.5, 0.6) is 0 Å². The number of nitrogens with zero attached hydrogens (tertiary/aromatic N) is 3. The van der Waals surface area contributed by atoms with Crippen LogP contribution in [-0.4, -0.2) is 68.1 Å². The molecule has 200 valence electrons. The fourth-order valence-electron chi connectivity index (χ4n) is 5.64. The van der Waals surface area contributed by atoms with Crippen LogP contribution in [0.25, 0.3) is 0 Å². The van der Waals surface area contributed by atoms with E-state index in [2.05, 4.69) is 4.90 Å². The molecular formula is C28H33ClF3N3O2. The number of likely N-dealkylation sites (tertiary alicyclic amines) is 1. The van der Waals surface area contributed by atoms with E-state index in [9.17, 15) is 22.8 Å². The molecule has 0 bridgehead atoms. The number of piperidine rings is 2. The summed E-state index contributed by atoms with van der Waals surface area (Å²) in [4.78, 5) is 30.3. The normalized spacial score (nSPS) is 18.5. The summed E-state index contributed by atoms with van der Waals surface area (Å²) in [7, 11) is 3.38. The molecule has 0 aromatic heterocycles. The van der Waals surface area contributed by atoms with Gasteiger partial charge in [-0.15, -0.1) is 0 Å². The number of alkyl halides is 3. The summed E-state index contributed by atoms with van der Waals surface area (Å²) in [6, 6.07) is 13.0. The predicted octanol–water partition coefficient (Wildman–Crippen LogP) is 5.84. The Bertz CT molecular complexity index is 1090. The average Bonchev–Trinajstić information content (AvgIpc) is 2.88. The Labute approximate surface area is 221 Å². The molecule has 1 atom stereocenters. The number of carbonyl (C=O) groups excluding carboxylic acids is 2. The number of amides is 2. The maximum absolute atomic E-state index is 13.8. The van der Waals surface area contributed by atoms with Crippen LogP contribution in [0.4, 0.5) is 18.9 Å². The second-order valence-electron chi connectivity index (χ2n) is 10.2. The Hall–Kier alpha value is -2.74. The largest absolute Gasteiger partial charge is 0.404 e. The van der Waals surface area contributed by atoms with Gasteiger partial charge >= 0.3 is 6.18 Å². The monoisotopic (exact) mass is 535 g/mol. The van der Waals surface area contributed by atoms with Crippen molar-refractivity contribution in [3.05, 3.63) is 64.7 Å². The minimum atomic E-state index is -4.62. The van der Waals surface area contributed by atoms with Gasteiger partial charge in [-0.1, -0.05) is 41.9 Å². The summed E-state index contributed by atoms with van der Waals surface area (Å²) in [6.45, 7) is 2.43. The number of hydrogen-bond donors (Lipinski definition) is 0. The van der Waals surface area contributed by atoms with Crippen LogP contribution in [0.2, 0.25) is 5.02 Å². The lowest BCUT2D eigenvalue weighted by atomic mass is 9.78. The molecule has 0 saturated carbocycles. The van der Waals surface area contributed by atoms with Crippen LogP contribution in [-0.2, 0) is 4.79 Å². The van der Waals surface area contributed by atoms with Crippen LogP contribution in [0.15, 0.2) is 48.5 Å². The highest BCUT2D eigenvalue weighted by atomic mass is 35.5. The van der Waals surface area contributed by atoms with E-state index in [1.807, 2.05) is 12.1 Å². The highest BCUT2D eigenvalue weighted by Gasteiger charge is 2.48. The molecule has 2 fully saturated rings. The van der Waals surface area contributed by atoms with E-state index in [4.69, 9.17) is 11.6 Å². The smallest absolute Gasteiger partial charge is 0.371 e. The van der Waals surface area contributed by atoms with Gasteiger partial charge in [0, 0.05) is 46.0 Å². The first-order chi connectivity index (χ1) is 17.6. The second-order valence-corrected chi connectivity index (χ2v) is 10.6. The van der Waals surface area contributed by atoms with Gasteiger partial charge in [-0.05, 0) is 61.3 Å². The lowest BCUT2D eigenvalue weighted by Crippen LogP contribution is -2.46. The molecular weight excluding hydrogens is 503 g/mol. The number of anilines is 1. The van der Waals surface area contributed by atoms with Crippen LogP contribution >= 0.6 is 11.6 Å². The third kappa shape index (κ3) is 6.22. The minimum Gasteiger partial charge on any atom is -0.371 e. The Morgan fingerprint density at radius 3 is 2.00 bits per heavy atom. The van der Waals surface area contributed by atoms with Crippen molar-refractivity contribution in [3.63, 3.8) is 0 Å². The molecule has 0 spiro atoms. The van der Waals surface area contributed by atoms with E-state index in [-0.39, 0.29) is 11.5 Å². The molecule has 2 aliphatic heterocycles. The molecule has 0 radical (unpaired) electrons. The van der Waals surface area contributed by atoms with Crippen LogP contribution in [0.3, 0.4) is 0 Å². The Morgan fingerprint density at radius 2 is 1.49 bits per heavy atom. The molecule has 2 aliphatic rings. The van der Waals surface area contributed by atoms with Crippen LogP contribution in [0, 0.1) is 11.8 Å². The molecule has 2 amide bonds. The average molecular weight is 536 g/mol. The highest BCUT2D eigenvalue weighted by Crippen LogP contribution is 2.39. The maximum atomic E-state index is 13.8. The van der Waals surface area contributed by atoms with Crippen molar-refractivity contribution >= 4 is 29.1 Å². The van der Waals surface area contributed by atoms with Crippen molar-refractivity contribution in [3.8, 4) is 0 Å². The van der Waals surface area contributed by atoms with Crippen molar-refractivity contribution in [2.24, 2.45) is 11.8 Å². The summed E-state index contributed by atoms with van der Waals surface area (Å²) in [5, 5.41) is 0.433. The summed E-state index contributed by atoms with van der Waals surface area (Å²) >= 11 is 6.39. The number of halogens is 4. The van der Waals surface area contributed by atoms with Gasteiger partial charge in [-0.2, -0.15) is 13.2 Å². The van der Waals surface area contributed by atoms with Crippen molar-refractivity contribution in [2.75, 3.05) is 45.2 Å². The first kappa shape index (κ1) is 27.3. The quantitative estimate of drug-likeness (QED) is 0.483. The summed E-state index contributed by atoms with van der Waals surface area (Å²) in [5.41, 5.74) is 1.46. The van der Waals surface area contributed by atoms with Gasteiger partial charge < -0.3 is 14.7 Å². The molecule has 0 N–H and O–H groups in total. The third-order valence-electron chi connectivity index (χ3n) is 7.72. The Morgan fingerprint density at radius 1 is 0.919 bits per heavy atom. The SMILES string of the molecule is CN(C)C(=O)c1ccc(N2CCC(C3CCN(C(=O)C(c4ccccc4)C(F)(F)F)CC3)CC2)cc1Cl. The van der Waals surface area contributed by atoms with Gasteiger partial charge in [0.15, 0.2) is 5.92 Å². The molecule has 4 rings (SSSR count). The zero-order chi connectivity index (χ0) is 26.7.